The van der Waals surface area contributed by atoms with Crippen LogP contribution in [0.2, 0.25) is 5.02 Å². The molecule has 1 aliphatic rings. The first-order chi connectivity index (χ1) is 6.36. The Balaban J connectivity index is 2.32. The highest BCUT2D eigenvalue weighted by atomic mass is 35.5. The summed E-state index contributed by atoms with van der Waals surface area (Å²) in [6.45, 7) is 0. The van der Waals surface area contributed by atoms with Gasteiger partial charge in [0.05, 0.1) is 10.5 Å². The molecule has 1 aromatic heterocycles. The third-order valence-corrected chi connectivity index (χ3v) is 3.03. The minimum absolute atomic E-state index is 0.784. The molecule has 1 saturated carbocycles. The van der Waals surface area contributed by atoms with Gasteiger partial charge in [-0.25, -0.2) is 0 Å². The molecule has 1 N–H and O–H groups in total. The zero-order valence-electron chi connectivity index (χ0n) is 7.18. The van der Waals surface area contributed by atoms with Gasteiger partial charge in [-0.15, -0.1) is 0 Å². The summed E-state index contributed by atoms with van der Waals surface area (Å²) in [5.74, 6) is 0.784. The van der Waals surface area contributed by atoms with Crippen LogP contribution in [0.25, 0.3) is 10.9 Å². The van der Waals surface area contributed by atoms with Crippen molar-refractivity contribution in [3.8, 4) is 0 Å². The normalized spacial score (nSPS) is 16.7. The lowest BCUT2D eigenvalue weighted by Crippen LogP contribution is -1.74. The zero-order valence-corrected chi connectivity index (χ0v) is 7.93. The topological polar surface area (TPSA) is 15.8 Å². The predicted molar refractivity (Wildman–Crippen MR) is 55.3 cm³/mol. The van der Waals surface area contributed by atoms with Crippen molar-refractivity contribution in [2.75, 3.05) is 0 Å². The number of benzene rings is 1. The number of aromatic nitrogens is 1. The number of H-pyrrole nitrogens is 1. The van der Waals surface area contributed by atoms with Gasteiger partial charge < -0.3 is 4.98 Å². The van der Waals surface area contributed by atoms with Crippen molar-refractivity contribution in [2.24, 2.45) is 0 Å². The minimum atomic E-state index is 0.784. The number of hydrogen-bond acceptors (Lipinski definition) is 0. The maximum absolute atomic E-state index is 6.06. The van der Waals surface area contributed by atoms with E-state index < -0.39 is 0 Å². The fraction of sp³-hybridized carbons (Fsp3) is 0.273. The van der Waals surface area contributed by atoms with E-state index in [1.807, 2.05) is 12.1 Å². The van der Waals surface area contributed by atoms with Crippen molar-refractivity contribution in [1.82, 2.24) is 4.98 Å². The number of para-hydroxylation sites is 1. The first-order valence-corrected chi connectivity index (χ1v) is 4.99. The number of fused-ring (bicyclic) bond motifs is 1. The number of hydrogen-bond donors (Lipinski definition) is 1. The van der Waals surface area contributed by atoms with Crippen LogP contribution in [0.4, 0.5) is 0 Å². The molecular formula is C11H10ClN. The highest BCUT2D eigenvalue weighted by molar-refractivity contribution is 6.35. The van der Waals surface area contributed by atoms with Crippen LogP contribution in [0.15, 0.2) is 24.4 Å². The molecule has 1 nitrogen and oxygen atoms in total. The Morgan fingerprint density at radius 1 is 1.31 bits per heavy atom. The van der Waals surface area contributed by atoms with Crippen LogP contribution in [0, 0.1) is 0 Å². The Bertz CT molecular complexity index is 454. The van der Waals surface area contributed by atoms with Crippen LogP contribution in [-0.4, -0.2) is 4.98 Å². The van der Waals surface area contributed by atoms with Gasteiger partial charge in [0.15, 0.2) is 0 Å². The van der Waals surface area contributed by atoms with Gasteiger partial charge in [-0.05, 0) is 30.4 Å². The van der Waals surface area contributed by atoms with Gasteiger partial charge >= 0.3 is 0 Å². The standard InChI is InChI=1S/C11H10ClN/c12-10-3-1-2-8-9(7-4-5-7)6-13-11(8)10/h1-3,6-7,13H,4-5H2. The van der Waals surface area contributed by atoms with E-state index in [0.29, 0.717) is 0 Å². The Hall–Kier alpha value is -0.950. The summed E-state index contributed by atoms with van der Waals surface area (Å²) in [5.41, 5.74) is 2.53. The average Bonchev–Trinajstić information content (AvgIpc) is 2.87. The fourth-order valence-electron chi connectivity index (χ4n) is 1.87. The van der Waals surface area contributed by atoms with Crippen molar-refractivity contribution in [3.05, 3.63) is 35.0 Å². The van der Waals surface area contributed by atoms with Crippen LogP contribution >= 0.6 is 11.6 Å². The highest BCUT2D eigenvalue weighted by Gasteiger charge is 2.26. The number of rotatable bonds is 1. The van der Waals surface area contributed by atoms with Crippen LogP contribution < -0.4 is 0 Å². The Morgan fingerprint density at radius 2 is 2.15 bits per heavy atom. The molecule has 13 heavy (non-hydrogen) atoms. The SMILES string of the molecule is Clc1cccc2c(C3CC3)c[nH]c12. The first-order valence-electron chi connectivity index (χ1n) is 4.62. The largest absolute Gasteiger partial charge is 0.360 e. The average molecular weight is 192 g/mol. The lowest BCUT2D eigenvalue weighted by Gasteiger charge is -1.95. The molecule has 1 aromatic carbocycles. The van der Waals surface area contributed by atoms with Gasteiger partial charge in [-0.3, -0.25) is 0 Å². The van der Waals surface area contributed by atoms with Gasteiger partial charge in [0.2, 0.25) is 0 Å². The summed E-state index contributed by atoms with van der Waals surface area (Å²) in [6.07, 6.45) is 4.77. The van der Waals surface area contributed by atoms with Crippen LogP contribution in [0.5, 0.6) is 0 Å². The van der Waals surface area contributed by atoms with E-state index >= 15 is 0 Å². The van der Waals surface area contributed by atoms with Gasteiger partial charge in [-0.1, -0.05) is 23.7 Å². The summed E-state index contributed by atoms with van der Waals surface area (Å²) in [6, 6.07) is 6.09. The van der Waals surface area contributed by atoms with Gasteiger partial charge in [0, 0.05) is 11.6 Å². The smallest absolute Gasteiger partial charge is 0.0647 e. The van der Waals surface area contributed by atoms with Crippen LogP contribution in [-0.2, 0) is 0 Å². The summed E-state index contributed by atoms with van der Waals surface area (Å²) < 4.78 is 0. The van der Waals surface area contributed by atoms with Gasteiger partial charge in [0.25, 0.3) is 0 Å². The maximum Gasteiger partial charge on any atom is 0.0647 e. The van der Waals surface area contributed by atoms with E-state index in [-0.39, 0.29) is 0 Å². The van der Waals surface area contributed by atoms with Crippen LogP contribution in [0.1, 0.15) is 24.3 Å². The third-order valence-electron chi connectivity index (χ3n) is 2.71. The Morgan fingerprint density at radius 3 is 2.92 bits per heavy atom. The molecule has 0 aliphatic heterocycles. The van der Waals surface area contributed by atoms with E-state index in [2.05, 4.69) is 17.2 Å². The summed E-state index contributed by atoms with van der Waals surface area (Å²) in [7, 11) is 0. The number of aromatic amines is 1. The molecular weight excluding hydrogens is 182 g/mol. The van der Waals surface area contributed by atoms with Crippen molar-refractivity contribution >= 4 is 22.5 Å². The molecule has 1 heterocycles. The highest BCUT2D eigenvalue weighted by Crippen LogP contribution is 2.43. The lowest BCUT2D eigenvalue weighted by atomic mass is 10.1. The van der Waals surface area contributed by atoms with Crippen LogP contribution in [0.3, 0.4) is 0 Å². The van der Waals surface area contributed by atoms with E-state index in [9.17, 15) is 0 Å². The molecule has 66 valence electrons. The van der Waals surface area contributed by atoms with E-state index in [4.69, 9.17) is 11.6 Å². The van der Waals surface area contributed by atoms with Crippen molar-refractivity contribution < 1.29 is 0 Å². The molecule has 2 aromatic rings. The maximum atomic E-state index is 6.06. The molecule has 1 aliphatic carbocycles. The molecule has 0 saturated heterocycles. The molecule has 3 rings (SSSR count). The second kappa shape index (κ2) is 2.52. The van der Waals surface area contributed by atoms with E-state index in [1.54, 1.807) is 0 Å². The molecule has 0 bridgehead atoms. The van der Waals surface area contributed by atoms with Gasteiger partial charge in [-0.2, -0.15) is 0 Å². The number of nitrogens with one attached hydrogen (secondary N) is 1. The van der Waals surface area contributed by atoms with E-state index in [0.717, 1.165) is 16.5 Å². The molecule has 2 heteroatoms. The molecule has 0 unspecified atom stereocenters. The first kappa shape index (κ1) is 7.45. The van der Waals surface area contributed by atoms with Crippen molar-refractivity contribution in [1.29, 1.82) is 0 Å². The second-order valence-corrected chi connectivity index (χ2v) is 4.09. The summed E-state index contributed by atoms with van der Waals surface area (Å²) in [4.78, 5) is 3.25. The quantitative estimate of drug-likeness (QED) is 0.708. The molecule has 0 atom stereocenters. The van der Waals surface area contributed by atoms with E-state index in [1.165, 1.54) is 23.8 Å². The predicted octanol–water partition coefficient (Wildman–Crippen LogP) is 3.70. The Kier molecular flexibility index (Phi) is 1.44. The third kappa shape index (κ3) is 1.07. The summed E-state index contributed by atoms with van der Waals surface area (Å²) in [5, 5.41) is 2.12. The summed E-state index contributed by atoms with van der Waals surface area (Å²) >= 11 is 6.06. The Labute approximate surface area is 81.7 Å². The van der Waals surface area contributed by atoms with Crippen molar-refractivity contribution in [2.45, 2.75) is 18.8 Å². The van der Waals surface area contributed by atoms with Gasteiger partial charge in [0.1, 0.15) is 0 Å². The molecule has 0 spiro atoms. The number of halogens is 1. The molecule has 0 amide bonds. The molecule has 0 radical (unpaired) electrons. The minimum Gasteiger partial charge on any atom is -0.360 e. The monoisotopic (exact) mass is 191 g/mol. The molecule has 1 fully saturated rings. The van der Waals surface area contributed by atoms with Crippen molar-refractivity contribution in [3.63, 3.8) is 0 Å². The fourth-order valence-corrected chi connectivity index (χ4v) is 2.10. The zero-order chi connectivity index (χ0) is 8.84. The lowest BCUT2D eigenvalue weighted by molar-refractivity contribution is 1.15. The second-order valence-electron chi connectivity index (χ2n) is 3.68.